The van der Waals surface area contributed by atoms with Crippen molar-refractivity contribution in [2.24, 2.45) is 0 Å². The van der Waals surface area contributed by atoms with Crippen molar-refractivity contribution in [1.82, 2.24) is 0 Å². The van der Waals surface area contributed by atoms with Crippen LogP contribution in [-0.2, 0) is 0 Å². The highest BCUT2D eigenvalue weighted by molar-refractivity contribution is 6.19. The second-order valence-electron chi connectivity index (χ2n) is 5.02. The second kappa shape index (κ2) is 4.52. The number of phenols is 1. The van der Waals surface area contributed by atoms with E-state index in [1.54, 1.807) is 18.2 Å². The molecule has 0 spiro atoms. The molecule has 0 bridgehead atoms. The number of aromatic hydroxyl groups is 1. The molecular formula is C14H13ClN2O3. The van der Waals surface area contributed by atoms with Crippen LogP contribution in [0.1, 0.15) is 11.5 Å². The van der Waals surface area contributed by atoms with E-state index in [2.05, 4.69) is 0 Å². The molecule has 5 nitrogen and oxygen atoms in total. The summed E-state index contributed by atoms with van der Waals surface area (Å²) in [6.07, 6.45) is 0. The fraction of sp³-hybridized carbons (Fsp3) is 0.286. The predicted octanol–water partition coefficient (Wildman–Crippen LogP) is 3.23. The number of non-ortho nitro benzene ring substituents is 1. The third kappa shape index (κ3) is 1.70. The zero-order chi connectivity index (χ0) is 14.4. The van der Waals surface area contributed by atoms with Gasteiger partial charge in [0.25, 0.3) is 5.69 Å². The number of likely N-dealkylation sites (N-methyl/N-ethyl adjacent to an activating group) is 1. The van der Waals surface area contributed by atoms with Gasteiger partial charge in [-0.25, -0.2) is 0 Å². The lowest BCUT2D eigenvalue weighted by atomic mass is 9.94. The Bertz CT molecular complexity index is 717. The molecule has 1 atom stereocenters. The summed E-state index contributed by atoms with van der Waals surface area (Å²) in [5, 5.41) is 22.4. The summed E-state index contributed by atoms with van der Waals surface area (Å²) in [6.45, 7) is 0.698. The van der Waals surface area contributed by atoms with Gasteiger partial charge in [0.1, 0.15) is 5.75 Å². The van der Waals surface area contributed by atoms with E-state index in [0.717, 1.165) is 11.3 Å². The number of phenolic OH excluding ortho intramolecular Hbond substituents is 1. The number of hydrogen-bond donors (Lipinski definition) is 1. The maximum absolute atomic E-state index is 11.3. The van der Waals surface area contributed by atoms with Crippen LogP contribution < -0.4 is 4.90 Å². The second-order valence-corrected chi connectivity index (χ2v) is 5.33. The van der Waals surface area contributed by atoms with E-state index in [-0.39, 0.29) is 17.4 Å². The summed E-state index contributed by atoms with van der Waals surface area (Å²) in [6, 6.07) is 6.40. The summed E-state index contributed by atoms with van der Waals surface area (Å²) in [5.74, 6) is 0.480. The summed E-state index contributed by atoms with van der Waals surface area (Å²) in [4.78, 5) is 12.8. The molecule has 20 heavy (non-hydrogen) atoms. The van der Waals surface area contributed by atoms with Crippen LogP contribution in [0.3, 0.4) is 0 Å². The summed E-state index contributed by atoms with van der Waals surface area (Å²) >= 11 is 6.01. The van der Waals surface area contributed by atoms with Crippen LogP contribution in [0.5, 0.6) is 5.75 Å². The highest BCUT2D eigenvalue weighted by Gasteiger charge is 2.32. The van der Waals surface area contributed by atoms with Crippen LogP contribution in [0.15, 0.2) is 24.3 Å². The SMILES string of the molecule is CN1CC(CCl)c2c1cc(O)c1cccc([N+](=O)[O-])c21. The van der Waals surface area contributed by atoms with Gasteiger partial charge in [-0.05, 0) is 5.56 Å². The molecule has 104 valence electrons. The standard InChI is InChI=1S/C14H13ClN2O3/c1-16-7-8(6-15)13-11(16)5-12(18)9-3-2-4-10(14(9)13)17(19)20/h2-5,8,18H,6-7H2,1H3. The minimum Gasteiger partial charge on any atom is -0.507 e. The third-order valence-electron chi connectivity index (χ3n) is 3.83. The molecule has 1 aliphatic rings. The molecule has 2 aromatic carbocycles. The molecule has 2 aromatic rings. The van der Waals surface area contributed by atoms with Gasteiger partial charge in [-0.2, -0.15) is 0 Å². The van der Waals surface area contributed by atoms with Gasteiger partial charge in [0.15, 0.2) is 0 Å². The summed E-state index contributed by atoms with van der Waals surface area (Å²) in [7, 11) is 1.89. The van der Waals surface area contributed by atoms with E-state index in [0.29, 0.717) is 23.2 Å². The molecule has 0 saturated carbocycles. The first-order valence-electron chi connectivity index (χ1n) is 6.24. The van der Waals surface area contributed by atoms with Gasteiger partial charge >= 0.3 is 0 Å². The highest BCUT2D eigenvalue weighted by atomic mass is 35.5. The lowest BCUT2D eigenvalue weighted by Crippen LogP contribution is -2.15. The fourth-order valence-electron chi connectivity index (χ4n) is 2.98. The molecule has 0 saturated heterocycles. The molecule has 0 aromatic heterocycles. The van der Waals surface area contributed by atoms with E-state index in [1.807, 2.05) is 11.9 Å². The average molecular weight is 293 g/mol. The first-order valence-corrected chi connectivity index (χ1v) is 6.78. The largest absolute Gasteiger partial charge is 0.507 e. The number of hydrogen-bond acceptors (Lipinski definition) is 4. The zero-order valence-corrected chi connectivity index (χ0v) is 11.6. The normalized spacial score (nSPS) is 17.5. The molecule has 1 aliphatic heterocycles. The molecule has 1 unspecified atom stereocenters. The maximum atomic E-state index is 11.3. The Morgan fingerprint density at radius 3 is 2.95 bits per heavy atom. The number of anilines is 1. The highest BCUT2D eigenvalue weighted by Crippen LogP contribution is 2.47. The van der Waals surface area contributed by atoms with Gasteiger partial charge in [0, 0.05) is 48.6 Å². The minimum atomic E-state index is -0.411. The molecular weight excluding hydrogens is 280 g/mol. The van der Waals surface area contributed by atoms with Crippen molar-refractivity contribution in [3.05, 3.63) is 39.9 Å². The quantitative estimate of drug-likeness (QED) is 0.524. The zero-order valence-electron chi connectivity index (χ0n) is 10.8. The Kier molecular flexibility index (Phi) is 2.94. The number of alkyl halides is 1. The maximum Gasteiger partial charge on any atom is 0.277 e. The van der Waals surface area contributed by atoms with E-state index < -0.39 is 4.92 Å². The van der Waals surface area contributed by atoms with Gasteiger partial charge in [-0.1, -0.05) is 12.1 Å². The number of rotatable bonds is 2. The molecule has 0 fully saturated rings. The number of halogens is 1. The molecule has 0 radical (unpaired) electrons. The van der Waals surface area contributed by atoms with Gasteiger partial charge < -0.3 is 10.0 Å². The van der Waals surface area contributed by atoms with Gasteiger partial charge in [0.2, 0.25) is 0 Å². The third-order valence-corrected chi connectivity index (χ3v) is 4.21. The van der Waals surface area contributed by atoms with E-state index >= 15 is 0 Å². The number of nitro groups is 1. The molecule has 3 rings (SSSR count). The molecule has 0 aliphatic carbocycles. The van der Waals surface area contributed by atoms with Crippen LogP contribution >= 0.6 is 11.6 Å². The van der Waals surface area contributed by atoms with Gasteiger partial charge in [-0.3, -0.25) is 10.1 Å². The number of nitrogens with zero attached hydrogens (tertiary/aromatic N) is 2. The average Bonchev–Trinajstić information content (AvgIpc) is 2.75. The molecule has 0 amide bonds. The van der Waals surface area contributed by atoms with Crippen molar-refractivity contribution < 1.29 is 10.0 Å². The summed E-state index contributed by atoms with van der Waals surface area (Å²) < 4.78 is 0. The van der Waals surface area contributed by atoms with Crippen LogP contribution in [0.4, 0.5) is 11.4 Å². The van der Waals surface area contributed by atoms with Crippen molar-refractivity contribution in [3.63, 3.8) is 0 Å². The summed E-state index contributed by atoms with van der Waals surface area (Å²) in [5.41, 5.74) is 1.69. The van der Waals surface area contributed by atoms with Crippen LogP contribution in [0.25, 0.3) is 10.8 Å². The van der Waals surface area contributed by atoms with Gasteiger partial charge in [0.05, 0.1) is 10.3 Å². The lowest BCUT2D eigenvalue weighted by molar-refractivity contribution is -0.383. The monoisotopic (exact) mass is 292 g/mol. The Morgan fingerprint density at radius 1 is 1.55 bits per heavy atom. The molecule has 1 heterocycles. The van der Waals surface area contributed by atoms with Crippen molar-refractivity contribution in [3.8, 4) is 5.75 Å². The Morgan fingerprint density at radius 2 is 2.30 bits per heavy atom. The Balaban J connectivity index is 2.47. The number of fused-ring (bicyclic) bond motifs is 3. The minimum absolute atomic E-state index is 0.0140. The van der Waals surface area contributed by atoms with Gasteiger partial charge in [-0.15, -0.1) is 11.6 Å². The van der Waals surface area contributed by atoms with Crippen LogP contribution in [0.2, 0.25) is 0 Å². The molecule has 1 N–H and O–H groups in total. The van der Waals surface area contributed by atoms with E-state index in [1.165, 1.54) is 6.07 Å². The predicted molar refractivity (Wildman–Crippen MR) is 79.0 cm³/mol. The van der Waals surface area contributed by atoms with Crippen molar-refractivity contribution >= 4 is 33.7 Å². The Labute approximate surface area is 120 Å². The smallest absolute Gasteiger partial charge is 0.277 e. The first-order chi connectivity index (χ1) is 9.54. The molecule has 6 heteroatoms. The van der Waals surface area contributed by atoms with Crippen molar-refractivity contribution in [1.29, 1.82) is 0 Å². The number of benzene rings is 2. The van der Waals surface area contributed by atoms with Crippen LogP contribution in [-0.4, -0.2) is 29.5 Å². The van der Waals surface area contributed by atoms with E-state index in [9.17, 15) is 15.2 Å². The fourth-order valence-corrected chi connectivity index (χ4v) is 3.23. The number of nitro benzene ring substituents is 1. The lowest BCUT2D eigenvalue weighted by Gasteiger charge is -2.13. The topological polar surface area (TPSA) is 66.6 Å². The van der Waals surface area contributed by atoms with Crippen molar-refractivity contribution in [2.75, 3.05) is 24.4 Å². The van der Waals surface area contributed by atoms with Crippen LogP contribution in [0, 0.1) is 10.1 Å². The van der Waals surface area contributed by atoms with E-state index in [4.69, 9.17) is 11.6 Å². The Hall–Kier alpha value is -2.01. The first kappa shape index (κ1) is 13.0. The van der Waals surface area contributed by atoms with Crippen molar-refractivity contribution in [2.45, 2.75) is 5.92 Å².